The van der Waals surface area contributed by atoms with Gasteiger partial charge >= 0.3 is 0 Å². The van der Waals surface area contributed by atoms with Gasteiger partial charge in [-0.15, -0.1) is 0 Å². The van der Waals surface area contributed by atoms with Crippen molar-refractivity contribution >= 4 is 16.9 Å². The third-order valence-electron chi connectivity index (χ3n) is 5.55. The number of methoxy groups -OCH3 is 1. The van der Waals surface area contributed by atoms with E-state index >= 15 is 0 Å². The van der Waals surface area contributed by atoms with Crippen LogP contribution < -0.4 is 9.64 Å². The number of rotatable bonds is 3. The molecule has 0 bridgehead atoms. The second kappa shape index (κ2) is 6.20. The Labute approximate surface area is 143 Å². The van der Waals surface area contributed by atoms with E-state index in [4.69, 9.17) is 14.7 Å². The number of ether oxygens (including phenoxy) is 1. The smallest absolute Gasteiger partial charge is 0.226 e. The number of hydrogen-bond acceptors (Lipinski definition) is 5. The Kier molecular flexibility index (Phi) is 4.04. The second-order valence-corrected chi connectivity index (χ2v) is 7.13. The first-order chi connectivity index (χ1) is 11.7. The lowest BCUT2D eigenvalue weighted by Gasteiger charge is -2.49. The van der Waals surface area contributed by atoms with Crippen LogP contribution in [-0.2, 0) is 0 Å². The minimum absolute atomic E-state index is 0.658. The number of piperidine rings is 1. The number of anilines is 1. The van der Waals surface area contributed by atoms with E-state index in [-0.39, 0.29) is 0 Å². The fraction of sp³-hybridized carbons (Fsp3) is 0.579. The summed E-state index contributed by atoms with van der Waals surface area (Å²) < 4.78 is 5.33. The highest BCUT2D eigenvalue weighted by Crippen LogP contribution is 2.29. The Morgan fingerprint density at radius 3 is 2.75 bits per heavy atom. The van der Waals surface area contributed by atoms with Crippen molar-refractivity contribution in [2.75, 3.05) is 31.6 Å². The molecule has 0 aliphatic carbocycles. The van der Waals surface area contributed by atoms with Gasteiger partial charge in [0.25, 0.3) is 0 Å². The monoisotopic (exact) mass is 326 g/mol. The lowest BCUT2D eigenvalue weighted by Crippen LogP contribution is -2.62. The van der Waals surface area contributed by atoms with E-state index in [0.29, 0.717) is 6.04 Å². The molecule has 2 aliphatic rings. The highest BCUT2D eigenvalue weighted by molar-refractivity contribution is 5.83. The minimum atomic E-state index is 0.658. The van der Waals surface area contributed by atoms with Gasteiger partial charge in [0.05, 0.1) is 18.3 Å². The SMILES string of the molecule is COc1ccc2c(C)nc(N3CC(N4CCCC[C@@H]4C)C3)nc2c1. The van der Waals surface area contributed by atoms with Crippen LogP contribution in [0.3, 0.4) is 0 Å². The Morgan fingerprint density at radius 1 is 1.17 bits per heavy atom. The fourth-order valence-electron chi connectivity index (χ4n) is 4.01. The fourth-order valence-corrected chi connectivity index (χ4v) is 4.01. The molecule has 3 heterocycles. The molecule has 2 fully saturated rings. The van der Waals surface area contributed by atoms with Gasteiger partial charge in [0.1, 0.15) is 5.75 Å². The van der Waals surface area contributed by atoms with Crippen molar-refractivity contribution in [2.45, 2.75) is 45.2 Å². The van der Waals surface area contributed by atoms with Crippen molar-refractivity contribution in [2.24, 2.45) is 0 Å². The molecule has 0 saturated carbocycles. The minimum Gasteiger partial charge on any atom is -0.497 e. The molecular formula is C19H26N4O. The Morgan fingerprint density at radius 2 is 2.00 bits per heavy atom. The van der Waals surface area contributed by atoms with Gasteiger partial charge < -0.3 is 9.64 Å². The van der Waals surface area contributed by atoms with Gasteiger partial charge in [-0.1, -0.05) is 6.42 Å². The standard InChI is InChI=1S/C19H26N4O/c1-13-6-4-5-9-23(13)15-11-22(12-15)19-20-14(2)17-8-7-16(24-3)10-18(17)21-19/h7-8,10,13,15H,4-6,9,11-12H2,1-3H3/t13-/m0/s1. The highest BCUT2D eigenvalue weighted by Gasteiger charge is 2.36. The van der Waals surface area contributed by atoms with Crippen molar-refractivity contribution in [3.63, 3.8) is 0 Å². The van der Waals surface area contributed by atoms with E-state index in [9.17, 15) is 0 Å². The summed E-state index contributed by atoms with van der Waals surface area (Å²) in [5.41, 5.74) is 2.00. The molecule has 2 aliphatic heterocycles. The third kappa shape index (κ3) is 2.71. The van der Waals surface area contributed by atoms with E-state index in [2.05, 4.69) is 23.6 Å². The van der Waals surface area contributed by atoms with Crippen LogP contribution in [0.5, 0.6) is 5.75 Å². The van der Waals surface area contributed by atoms with Gasteiger partial charge in [-0.3, -0.25) is 4.90 Å². The van der Waals surface area contributed by atoms with Crippen LogP contribution in [0.15, 0.2) is 18.2 Å². The Hall–Kier alpha value is -1.88. The Bertz CT molecular complexity index is 741. The van der Waals surface area contributed by atoms with E-state index in [1.807, 2.05) is 18.2 Å². The van der Waals surface area contributed by atoms with Crippen molar-refractivity contribution in [1.82, 2.24) is 14.9 Å². The van der Waals surface area contributed by atoms with Gasteiger partial charge in [-0.25, -0.2) is 9.97 Å². The zero-order valence-electron chi connectivity index (χ0n) is 14.8. The molecule has 5 nitrogen and oxygen atoms in total. The maximum atomic E-state index is 5.33. The maximum absolute atomic E-state index is 5.33. The number of aromatic nitrogens is 2. The summed E-state index contributed by atoms with van der Waals surface area (Å²) in [6, 6.07) is 7.38. The average Bonchev–Trinajstić information content (AvgIpc) is 2.54. The molecule has 1 aromatic heterocycles. The van der Waals surface area contributed by atoms with Crippen molar-refractivity contribution in [3.05, 3.63) is 23.9 Å². The quantitative estimate of drug-likeness (QED) is 0.867. The number of aryl methyl sites for hydroxylation is 1. The van der Waals surface area contributed by atoms with Crippen LogP contribution in [0.4, 0.5) is 5.95 Å². The summed E-state index contributed by atoms with van der Waals surface area (Å²) in [5.74, 6) is 1.70. The predicted octanol–water partition coefficient (Wildman–Crippen LogP) is 3.01. The van der Waals surface area contributed by atoms with Gasteiger partial charge in [0.2, 0.25) is 5.95 Å². The molecule has 4 rings (SSSR count). The van der Waals surface area contributed by atoms with Crippen LogP contribution in [0.25, 0.3) is 10.9 Å². The summed E-state index contributed by atoms with van der Waals surface area (Å²) in [6.45, 7) is 7.75. The molecular weight excluding hydrogens is 300 g/mol. The third-order valence-corrected chi connectivity index (χ3v) is 5.55. The first-order valence-electron chi connectivity index (χ1n) is 8.99. The lowest BCUT2D eigenvalue weighted by atomic mass is 9.98. The molecule has 5 heteroatoms. The molecule has 2 saturated heterocycles. The topological polar surface area (TPSA) is 41.5 Å². The number of nitrogens with zero attached hydrogens (tertiary/aromatic N) is 4. The molecule has 128 valence electrons. The lowest BCUT2D eigenvalue weighted by molar-refractivity contribution is 0.0869. The van der Waals surface area contributed by atoms with Crippen molar-refractivity contribution < 1.29 is 4.74 Å². The number of hydrogen-bond donors (Lipinski definition) is 0. The summed E-state index contributed by atoms with van der Waals surface area (Å²) >= 11 is 0. The van der Waals surface area contributed by atoms with Crippen LogP contribution in [0.1, 0.15) is 31.9 Å². The molecule has 1 aromatic carbocycles. The number of fused-ring (bicyclic) bond motifs is 1. The van der Waals surface area contributed by atoms with E-state index < -0.39 is 0 Å². The first kappa shape index (κ1) is 15.6. The van der Waals surface area contributed by atoms with E-state index in [1.54, 1.807) is 7.11 Å². The normalized spacial score (nSPS) is 22.6. The molecule has 0 radical (unpaired) electrons. The second-order valence-electron chi connectivity index (χ2n) is 7.13. The first-order valence-corrected chi connectivity index (χ1v) is 8.99. The molecule has 24 heavy (non-hydrogen) atoms. The summed E-state index contributed by atoms with van der Waals surface area (Å²) in [5, 5.41) is 1.10. The van der Waals surface area contributed by atoms with Gasteiger partial charge in [0.15, 0.2) is 0 Å². The van der Waals surface area contributed by atoms with Crippen LogP contribution >= 0.6 is 0 Å². The van der Waals surface area contributed by atoms with Gasteiger partial charge in [0, 0.05) is 36.6 Å². The van der Waals surface area contributed by atoms with E-state index in [0.717, 1.165) is 47.4 Å². The Balaban J connectivity index is 1.53. The number of likely N-dealkylation sites (tertiary alicyclic amines) is 1. The predicted molar refractivity (Wildman–Crippen MR) is 96.8 cm³/mol. The van der Waals surface area contributed by atoms with Crippen LogP contribution in [0.2, 0.25) is 0 Å². The average molecular weight is 326 g/mol. The van der Waals surface area contributed by atoms with Gasteiger partial charge in [-0.05, 0) is 45.4 Å². The molecule has 0 N–H and O–H groups in total. The molecule has 0 amide bonds. The van der Waals surface area contributed by atoms with Crippen LogP contribution in [0, 0.1) is 6.92 Å². The zero-order chi connectivity index (χ0) is 16.7. The highest BCUT2D eigenvalue weighted by atomic mass is 16.5. The molecule has 0 spiro atoms. The molecule has 1 atom stereocenters. The maximum Gasteiger partial charge on any atom is 0.226 e. The number of benzene rings is 1. The van der Waals surface area contributed by atoms with Crippen LogP contribution in [-0.4, -0.2) is 53.7 Å². The van der Waals surface area contributed by atoms with Gasteiger partial charge in [-0.2, -0.15) is 0 Å². The summed E-state index contributed by atoms with van der Waals surface area (Å²) in [7, 11) is 1.69. The van der Waals surface area contributed by atoms with Crippen molar-refractivity contribution in [1.29, 1.82) is 0 Å². The molecule has 2 aromatic rings. The largest absolute Gasteiger partial charge is 0.497 e. The summed E-state index contributed by atoms with van der Waals surface area (Å²) in [4.78, 5) is 14.5. The summed E-state index contributed by atoms with van der Waals surface area (Å²) in [6.07, 6.45) is 4.05. The molecule has 0 unspecified atom stereocenters. The zero-order valence-corrected chi connectivity index (χ0v) is 14.8. The van der Waals surface area contributed by atoms with E-state index in [1.165, 1.54) is 25.8 Å². The van der Waals surface area contributed by atoms with Crippen molar-refractivity contribution in [3.8, 4) is 5.75 Å².